The monoisotopic (exact) mass is 298 g/mol. The zero-order valence-electron chi connectivity index (χ0n) is 11.7. The highest BCUT2D eigenvalue weighted by Crippen LogP contribution is 2.50. The van der Waals surface area contributed by atoms with Gasteiger partial charge in [0.05, 0.1) is 21.4 Å². The van der Waals surface area contributed by atoms with E-state index < -0.39 is 0 Å². The van der Waals surface area contributed by atoms with Gasteiger partial charge in [0.1, 0.15) is 0 Å². The highest BCUT2D eigenvalue weighted by molar-refractivity contribution is 8.26. The van der Waals surface area contributed by atoms with Gasteiger partial charge in [-0.05, 0) is 13.8 Å². The summed E-state index contributed by atoms with van der Waals surface area (Å²) in [5.74, 6) is 0. The first-order chi connectivity index (χ1) is 7.66. The minimum absolute atomic E-state index is 0.120. The van der Waals surface area contributed by atoms with E-state index in [0.29, 0.717) is 10.5 Å². The Hall–Kier alpha value is 0.970. The van der Waals surface area contributed by atoms with Crippen LogP contribution in [0.3, 0.4) is 0 Å². The van der Waals surface area contributed by atoms with Crippen LogP contribution in [0.5, 0.6) is 0 Å². The molecule has 17 heavy (non-hydrogen) atoms. The topological polar surface area (TPSA) is 40.5 Å². The molecule has 0 saturated heterocycles. The van der Waals surface area contributed by atoms with Gasteiger partial charge in [-0.3, -0.25) is 0 Å². The van der Waals surface area contributed by atoms with Crippen LogP contribution in [-0.4, -0.2) is 42.1 Å². The fourth-order valence-corrected chi connectivity index (χ4v) is 7.63. The molecule has 0 aromatic heterocycles. The van der Waals surface area contributed by atoms with Gasteiger partial charge in [-0.25, -0.2) is 0 Å². The normalized spacial score (nSPS) is 19.4. The summed E-state index contributed by atoms with van der Waals surface area (Å²) in [5, 5.41) is 20.1. The molecule has 5 heteroatoms. The largest absolute Gasteiger partial charge is 0.394 e. The lowest BCUT2D eigenvalue weighted by molar-refractivity contribution is 0.281. The van der Waals surface area contributed by atoms with E-state index >= 15 is 0 Å². The van der Waals surface area contributed by atoms with Crippen LogP contribution in [0.15, 0.2) is 0 Å². The molecular formula is C12H26O2S3. The summed E-state index contributed by atoms with van der Waals surface area (Å²) < 4.78 is -0.513. The second kappa shape index (κ2) is 7.53. The molecule has 2 unspecified atom stereocenters. The number of aliphatic hydroxyl groups excluding tert-OH is 2. The summed E-state index contributed by atoms with van der Waals surface area (Å²) in [6.07, 6.45) is 0. The molecule has 0 spiro atoms. The molecule has 0 rings (SSSR count). The highest BCUT2D eigenvalue weighted by Gasteiger charge is 2.37. The molecule has 0 aromatic rings. The zero-order valence-corrected chi connectivity index (χ0v) is 14.1. The van der Waals surface area contributed by atoms with Gasteiger partial charge < -0.3 is 10.2 Å². The van der Waals surface area contributed by atoms with Crippen molar-refractivity contribution in [1.82, 2.24) is 0 Å². The third-order valence-corrected chi connectivity index (χ3v) is 6.37. The number of hydrogen-bond acceptors (Lipinski definition) is 5. The predicted octanol–water partition coefficient (Wildman–Crippen LogP) is 3.42. The van der Waals surface area contributed by atoms with E-state index in [2.05, 4.69) is 41.5 Å². The van der Waals surface area contributed by atoms with E-state index in [9.17, 15) is 10.2 Å². The quantitative estimate of drug-likeness (QED) is 0.672. The Morgan fingerprint density at radius 1 is 0.824 bits per heavy atom. The molecule has 0 radical (unpaired) electrons. The third-order valence-electron chi connectivity index (χ3n) is 1.98. The maximum Gasteiger partial charge on any atom is 0.0829 e. The Bertz CT molecular complexity index is 202. The Kier molecular flexibility index (Phi) is 7.96. The highest BCUT2D eigenvalue weighted by atomic mass is 32.2. The molecule has 0 aliphatic rings. The first-order valence-corrected chi connectivity index (χ1v) is 8.51. The van der Waals surface area contributed by atoms with Crippen molar-refractivity contribution < 1.29 is 10.2 Å². The Labute approximate surface area is 119 Å². The number of rotatable bonds is 8. The number of aliphatic hydroxyl groups is 2. The smallest absolute Gasteiger partial charge is 0.0829 e. The molecule has 0 heterocycles. The van der Waals surface area contributed by atoms with Gasteiger partial charge in [-0.15, -0.1) is 35.3 Å². The molecule has 0 amide bonds. The molecule has 0 bridgehead atoms. The molecule has 0 fully saturated rings. The fourth-order valence-electron chi connectivity index (χ4n) is 1.64. The Morgan fingerprint density at radius 3 is 1.29 bits per heavy atom. The van der Waals surface area contributed by atoms with E-state index in [1.807, 2.05) is 0 Å². The lowest BCUT2D eigenvalue weighted by Crippen LogP contribution is -2.33. The molecule has 0 saturated carbocycles. The van der Waals surface area contributed by atoms with Gasteiger partial charge in [0.2, 0.25) is 0 Å². The minimum Gasteiger partial charge on any atom is -0.394 e. The van der Waals surface area contributed by atoms with Crippen molar-refractivity contribution in [3.05, 3.63) is 0 Å². The molecule has 0 aliphatic heterocycles. The van der Waals surface area contributed by atoms with Gasteiger partial charge in [0.15, 0.2) is 0 Å². The van der Waals surface area contributed by atoms with Crippen molar-refractivity contribution in [3.63, 3.8) is 0 Å². The van der Waals surface area contributed by atoms with Crippen LogP contribution in [0, 0.1) is 0 Å². The summed E-state index contributed by atoms with van der Waals surface area (Å²) >= 11 is 5.20. The maximum absolute atomic E-state index is 9.59. The van der Waals surface area contributed by atoms with Crippen molar-refractivity contribution in [1.29, 1.82) is 0 Å². The van der Waals surface area contributed by atoms with Gasteiger partial charge >= 0.3 is 0 Å². The first-order valence-electron chi connectivity index (χ1n) is 5.94. The molecule has 2 N–H and O–H groups in total. The van der Waals surface area contributed by atoms with Gasteiger partial charge in [-0.1, -0.05) is 27.7 Å². The standard InChI is InChI=1S/C12H26O2S3/c1-9(2)15-11(5,7-13)17-12(6,8-14)16-10(3)4/h9-10,13-14H,7-8H2,1-6H3. The van der Waals surface area contributed by atoms with Crippen molar-refractivity contribution in [2.75, 3.05) is 13.2 Å². The van der Waals surface area contributed by atoms with Crippen LogP contribution < -0.4 is 0 Å². The van der Waals surface area contributed by atoms with Gasteiger partial charge in [-0.2, -0.15) is 0 Å². The van der Waals surface area contributed by atoms with E-state index in [1.165, 1.54) is 0 Å². The lowest BCUT2D eigenvalue weighted by atomic mass is 10.5. The van der Waals surface area contributed by atoms with Crippen molar-refractivity contribution >= 4 is 35.3 Å². The van der Waals surface area contributed by atoms with Crippen LogP contribution in [0.2, 0.25) is 0 Å². The Balaban J connectivity index is 4.70. The van der Waals surface area contributed by atoms with Gasteiger partial charge in [0, 0.05) is 10.5 Å². The molecule has 0 aromatic carbocycles. The third kappa shape index (κ3) is 7.21. The molecule has 0 aliphatic carbocycles. The van der Waals surface area contributed by atoms with Crippen LogP contribution >= 0.6 is 35.3 Å². The van der Waals surface area contributed by atoms with Crippen molar-refractivity contribution in [2.45, 2.75) is 60.2 Å². The van der Waals surface area contributed by atoms with Crippen LogP contribution in [0.25, 0.3) is 0 Å². The Morgan fingerprint density at radius 2 is 1.12 bits per heavy atom. The van der Waals surface area contributed by atoms with E-state index in [-0.39, 0.29) is 21.4 Å². The van der Waals surface area contributed by atoms with E-state index in [0.717, 1.165) is 0 Å². The summed E-state index contributed by atoms with van der Waals surface area (Å²) in [6.45, 7) is 12.9. The molecule has 2 nitrogen and oxygen atoms in total. The SMILES string of the molecule is CC(C)SC(C)(CO)SC(C)(CO)SC(C)C. The van der Waals surface area contributed by atoms with Crippen molar-refractivity contribution in [3.8, 4) is 0 Å². The molecule has 2 atom stereocenters. The van der Waals surface area contributed by atoms with E-state index in [1.54, 1.807) is 35.3 Å². The predicted molar refractivity (Wildman–Crippen MR) is 84.0 cm³/mol. The summed E-state index contributed by atoms with van der Waals surface area (Å²) in [7, 11) is 0. The minimum atomic E-state index is -0.256. The van der Waals surface area contributed by atoms with Crippen molar-refractivity contribution in [2.24, 2.45) is 0 Å². The second-order valence-corrected chi connectivity index (χ2v) is 11.7. The second-order valence-electron chi connectivity index (χ2n) is 5.02. The van der Waals surface area contributed by atoms with Crippen LogP contribution in [0.4, 0.5) is 0 Å². The van der Waals surface area contributed by atoms with Crippen LogP contribution in [0.1, 0.15) is 41.5 Å². The number of thioether (sulfide) groups is 3. The zero-order chi connectivity index (χ0) is 13.7. The van der Waals surface area contributed by atoms with Gasteiger partial charge in [0.25, 0.3) is 0 Å². The molecule has 104 valence electrons. The average molecular weight is 299 g/mol. The molecular weight excluding hydrogens is 272 g/mol. The summed E-state index contributed by atoms with van der Waals surface area (Å²) in [4.78, 5) is 0. The fraction of sp³-hybridized carbons (Fsp3) is 1.00. The first kappa shape index (κ1) is 18.0. The average Bonchev–Trinajstić information content (AvgIpc) is 2.15. The maximum atomic E-state index is 9.59. The van der Waals surface area contributed by atoms with Crippen LogP contribution in [-0.2, 0) is 0 Å². The van der Waals surface area contributed by atoms with E-state index in [4.69, 9.17) is 0 Å². The number of hydrogen-bond donors (Lipinski definition) is 2. The lowest BCUT2D eigenvalue weighted by Gasteiger charge is -2.38. The summed E-state index contributed by atoms with van der Waals surface area (Å²) in [6, 6.07) is 0. The summed E-state index contributed by atoms with van der Waals surface area (Å²) in [5.41, 5.74) is 0.